The smallest absolute Gasteiger partial charge is 0.260 e. The first-order chi connectivity index (χ1) is 11.6. The molecule has 0 N–H and O–H groups in total. The summed E-state index contributed by atoms with van der Waals surface area (Å²) < 4.78 is 31.7. The second-order valence-electron chi connectivity index (χ2n) is 5.97. The predicted molar refractivity (Wildman–Crippen MR) is 86.7 cm³/mol. The van der Waals surface area contributed by atoms with Crippen LogP contribution in [0.1, 0.15) is 30.0 Å². The van der Waals surface area contributed by atoms with Crippen molar-refractivity contribution in [1.82, 2.24) is 4.90 Å². The largest absolute Gasteiger partial charge is 0.481 e. The minimum absolute atomic E-state index is 0.00381. The van der Waals surface area contributed by atoms with Crippen molar-refractivity contribution < 1.29 is 18.3 Å². The molecule has 1 aliphatic rings. The molecular formula is C19H19F2NO2. The number of benzene rings is 2. The fraction of sp³-hybridized carbons (Fsp3) is 0.316. The summed E-state index contributed by atoms with van der Waals surface area (Å²) in [5, 5.41) is 0. The monoisotopic (exact) mass is 331 g/mol. The Morgan fingerprint density at radius 3 is 2.83 bits per heavy atom. The number of ether oxygens (including phenoxy) is 1. The Hall–Kier alpha value is -2.43. The van der Waals surface area contributed by atoms with Crippen molar-refractivity contribution in [3.63, 3.8) is 0 Å². The van der Waals surface area contributed by atoms with Crippen LogP contribution < -0.4 is 4.74 Å². The lowest BCUT2D eigenvalue weighted by Gasteiger charge is -2.33. The predicted octanol–water partition coefficient (Wildman–Crippen LogP) is 3.88. The zero-order chi connectivity index (χ0) is 17.1. The van der Waals surface area contributed by atoms with Gasteiger partial charge < -0.3 is 9.64 Å². The molecule has 5 heteroatoms. The van der Waals surface area contributed by atoms with Crippen LogP contribution in [0.3, 0.4) is 0 Å². The van der Waals surface area contributed by atoms with Gasteiger partial charge >= 0.3 is 0 Å². The summed E-state index contributed by atoms with van der Waals surface area (Å²) in [7, 11) is 1.74. The van der Waals surface area contributed by atoms with E-state index >= 15 is 0 Å². The summed E-state index contributed by atoms with van der Waals surface area (Å²) in [5.41, 5.74) is 2.42. The zero-order valence-electron chi connectivity index (χ0n) is 13.5. The number of fused-ring (bicyclic) bond motifs is 1. The molecule has 24 heavy (non-hydrogen) atoms. The first-order valence-electron chi connectivity index (χ1n) is 7.97. The van der Waals surface area contributed by atoms with Crippen LogP contribution in [0.2, 0.25) is 0 Å². The number of carbonyl (C=O) groups excluding carboxylic acids is 1. The standard InChI is InChI=1S/C19H19F2NO2/c1-22(17-8-4-6-13-5-2-3-7-15(13)17)19(23)12-24-18-10-9-14(20)11-16(18)21/h2-3,5,7,9-11,17H,4,6,8,12H2,1H3. The van der Waals surface area contributed by atoms with Crippen molar-refractivity contribution in [1.29, 1.82) is 0 Å². The Kier molecular flexibility index (Phi) is 4.79. The van der Waals surface area contributed by atoms with Crippen molar-refractivity contribution >= 4 is 5.91 Å². The van der Waals surface area contributed by atoms with Crippen LogP contribution in [0, 0.1) is 11.6 Å². The molecule has 1 amide bonds. The Labute approximate surface area is 139 Å². The fourth-order valence-electron chi connectivity index (χ4n) is 3.14. The number of nitrogens with zero attached hydrogens (tertiary/aromatic N) is 1. The van der Waals surface area contributed by atoms with Crippen molar-refractivity contribution in [2.75, 3.05) is 13.7 Å². The van der Waals surface area contributed by atoms with E-state index in [-0.39, 0.29) is 24.3 Å². The number of carbonyl (C=O) groups is 1. The van der Waals surface area contributed by atoms with Crippen molar-refractivity contribution in [3.05, 3.63) is 65.2 Å². The lowest BCUT2D eigenvalue weighted by atomic mass is 9.87. The van der Waals surface area contributed by atoms with E-state index in [2.05, 4.69) is 6.07 Å². The SMILES string of the molecule is CN(C(=O)COc1ccc(F)cc1F)C1CCCc2ccccc21. The normalized spacial score (nSPS) is 16.4. The van der Waals surface area contributed by atoms with E-state index in [0.717, 1.165) is 37.0 Å². The van der Waals surface area contributed by atoms with Gasteiger partial charge in [0, 0.05) is 13.1 Å². The molecular weight excluding hydrogens is 312 g/mol. The molecule has 0 radical (unpaired) electrons. The molecule has 0 bridgehead atoms. The molecule has 0 heterocycles. The van der Waals surface area contributed by atoms with E-state index < -0.39 is 11.6 Å². The number of likely N-dealkylation sites (N-methyl/N-ethyl adjacent to an activating group) is 1. The van der Waals surface area contributed by atoms with E-state index in [1.165, 1.54) is 11.6 Å². The highest BCUT2D eigenvalue weighted by atomic mass is 19.1. The van der Waals surface area contributed by atoms with Gasteiger partial charge in [-0.1, -0.05) is 24.3 Å². The maximum Gasteiger partial charge on any atom is 0.260 e. The molecule has 0 aliphatic heterocycles. The second-order valence-corrected chi connectivity index (χ2v) is 5.97. The third-order valence-corrected chi connectivity index (χ3v) is 4.44. The van der Waals surface area contributed by atoms with Crippen LogP contribution in [0.5, 0.6) is 5.75 Å². The molecule has 3 nitrogen and oxygen atoms in total. The number of aryl methyl sites for hydroxylation is 1. The van der Waals surface area contributed by atoms with Gasteiger partial charge in [-0.3, -0.25) is 4.79 Å². The number of hydrogen-bond acceptors (Lipinski definition) is 2. The van der Waals surface area contributed by atoms with Gasteiger partial charge in [0.1, 0.15) is 5.82 Å². The summed E-state index contributed by atoms with van der Waals surface area (Å²) >= 11 is 0. The van der Waals surface area contributed by atoms with Crippen LogP contribution in [-0.2, 0) is 11.2 Å². The summed E-state index contributed by atoms with van der Waals surface area (Å²) in [5.74, 6) is -1.85. The Bertz CT molecular complexity index is 748. The molecule has 0 saturated carbocycles. The van der Waals surface area contributed by atoms with Crippen LogP contribution in [0.4, 0.5) is 8.78 Å². The molecule has 1 unspecified atom stereocenters. The molecule has 0 fully saturated rings. The molecule has 2 aromatic carbocycles. The zero-order valence-corrected chi connectivity index (χ0v) is 13.5. The van der Waals surface area contributed by atoms with Gasteiger partial charge in [-0.05, 0) is 42.5 Å². The van der Waals surface area contributed by atoms with Crippen molar-refractivity contribution in [3.8, 4) is 5.75 Å². The quantitative estimate of drug-likeness (QED) is 0.851. The highest BCUT2D eigenvalue weighted by Gasteiger charge is 2.26. The third-order valence-electron chi connectivity index (χ3n) is 4.44. The number of amides is 1. The Morgan fingerprint density at radius 2 is 2.04 bits per heavy atom. The number of hydrogen-bond donors (Lipinski definition) is 0. The average Bonchev–Trinajstić information content (AvgIpc) is 2.59. The molecule has 1 aliphatic carbocycles. The minimum atomic E-state index is -0.812. The van der Waals surface area contributed by atoms with Crippen molar-refractivity contribution in [2.24, 2.45) is 0 Å². The minimum Gasteiger partial charge on any atom is -0.481 e. The van der Waals surface area contributed by atoms with E-state index in [0.29, 0.717) is 0 Å². The highest BCUT2D eigenvalue weighted by Crippen LogP contribution is 2.33. The van der Waals surface area contributed by atoms with Gasteiger partial charge in [-0.25, -0.2) is 8.78 Å². The summed E-state index contributed by atoms with van der Waals surface area (Å²) in [6.45, 7) is -0.280. The van der Waals surface area contributed by atoms with Crippen molar-refractivity contribution in [2.45, 2.75) is 25.3 Å². The number of halogens is 2. The Balaban J connectivity index is 1.67. The number of rotatable bonds is 4. The summed E-state index contributed by atoms with van der Waals surface area (Å²) in [6.07, 6.45) is 2.93. The lowest BCUT2D eigenvalue weighted by Crippen LogP contribution is -2.36. The first-order valence-corrected chi connectivity index (χ1v) is 7.97. The van der Waals surface area contributed by atoms with Crippen LogP contribution >= 0.6 is 0 Å². The van der Waals surface area contributed by atoms with Crippen LogP contribution in [0.15, 0.2) is 42.5 Å². The van der Waals surface area contributed by atoms with Gasteiger partial charge in [0.2, 0.25) is 0 Å². The van der Waals surface area contributed by atoms with Gasteiger partial charge in [0.05, 0.1) is 6.04 Å². The van der Waals surface area contributed by atoms with E-state index in [1.807, 2.05) is 18.2 Å². The molecule has 0 aromatic heterocycles. The molecule has 3 rings (SSSR count). The van der Waals surface area contributed by atoms with E-state index in [4.69, 9.17) is 4.74 Å². The molecule has 0 saturated heterocycles. The van der Waals surface area contributed by atoms with E-state index in [9.17, 15) is 13.6 Å². The fourth-order valence-corrected chi connectivity index (χ4v) is 3.14. The second kappa shape index (κ2) is 6.99. The molecule has 1 atom stereocenters. The first kappa shape index (κ1) is 16.4. The van der Waals surface area contributed by atoms with Gasteiger partial charge in [0.15, 0.2) is 18.2 Å². The Morgan fingerprint density at radius 1 is 1.25 bits per heavy atom. The van der Waals surface area contributed by atoms with Gasteiger partial charge in [0.25, 0.3) is 5.91 Å². The van der Waals surface area contributed by atoms with Gasteiger partial charge in [-0.2, -0.15) is 0 Å². The maximum atomic E-state index is 13.6. The summed E-state index contributed by atoms with van der Waals surface area (Å²) in [6, 6.07) is 11.1. The third kappa shape index (κ3) is 3.40. The molecule has 2 aromatic rings. The van der Waals surface area contributed by atoms with Crippen LogP contribution in [-0.4, -0.2) is 24.5 Å². The topological polar surface area (TPSA) is 29.5 Å². The highest BCUT2D eigenvalue weighted by molar-refractivity contribution is 5.78. The summed E-state index contributed by atoms with van der Waals surface area (Å²) in [4.78, 5) is 14.1. The molecule has 126 valence electrons. The average molecular weight is 331 g/mol. The van der Waals surface area contributed by atoms with Gasteiger partial charge in [-0.15, -0.1) is 0 Å². The van der Waals surface area contributed by atoms with E-state index in [1.54, 1.807) is 11.9 Å². The van der Waals surface area contributed by atoms with Crippen LogP contribution in [0.25, 0.3) is 0 Å². The maximum absolute atomic E-state index is 13.6. The molecule has 0 spiro atoms. The lowest BCUT2D eigenvalue weighted by molar-refractivity contribution is -0.134.